The van der Waals surface area contributed by atoms with Crippen molar-refractivity contribution in [2.45, 2.75) is 63.6 Å². The summed E-state index contributed by atoms with van der Waals surface area (Å²) >= 11 is 5.93. The van der Waals surface area contributed by atoms with Gasteiger partial charge in [-0.2, -0.15) is 0 Å². The van der Waals surface area contributed by atoms with Gasteiger partial charge >= 0.3 is 0 Å². The number of hydrogen-bond donors (Lipinski definition) is 4. The molecule has 1 atom stereocenters. The van der Waals surface area contributed by atoms with Crippen LogP contribution in [0.1, 0.15) is 51.0 Å². The van der Waals surface area contributed by atoms with Crippen LogP contribution in [0.2, 0.25) is 5.02 Å². The molecule has 1 heterocycles. The standard InChI is InChI=1S/C23H30ClN5O/c1-14(15-2-3-15)27-17-8-10-18(11-9-17)28-20-12-13-26-23(30)21(20)22(25)29-19-6-4-16(24)5-7-19/h4-7,12-15,17-18,27H,2-3,8-11H2,1H3,(H2,25,29)(H2,26,28,30). The molecule has 4 rings (SSSR count). The van der Waals surface area contributed by atoms with Crippen LogP contribution in [-0.2, 0) is 0 Å². The van der Waals surface area contributed by atoms with Gasteiger partial charge in [0.05, 0.1) is 11.4 Å². The lowest BCUT2D eigenvalue weighted by Gasteiger charge is -2.32. The average Bonchev–Trinajstić information content (AvgIpc) is 3.57. The molecule has 0 amide bonds. The summed E-state index contributed by atoms with van der Waals surface area (Å²) in [6.07, 6.45) is 8.80. The topological polar surface area (TPSA) is 95.3 Å². The highest BCUT2D eigenvalue weighted by Crippen LogP contribution is 2.33. The molecule has 6 nitrogen and oxygen atoms in total. The van der Waals surface area contributed by atoms with Gasteiger partial charge in [-0.15, -0.1) is 0 Å². The number of halogens is 1. The predicted molar refractivity (Wildman–Crippen MR) is 124 cm³/mol. The average molecular weight is 428 g/mol. The Balaban J connectivity index is 1.43. The summed E-state index contributed by atoms with van der Waals surface area (Å²) in [7, 11) is 0. The van der Waals surface area contributed by atoms with E-state index in [1.165, 1.54) is 12.8 Å². The Bertz CT molecular complexity index is 943. The van der Waals surface area contributed by atoms with Crippen molar-refractivity contribution in [3.8, 4) is 0 Å². The summed E-state index contributed by atoms with van der Waals surface area (Å²) in [5.41, 5.74) is 7.76. The molecule has 0 saturated heterocycles. The fraction of sp³-hybridized carbons (Fsp3) is 0.478. The summed E-state index contributed by atoms with van der Waals surface area (Å²) < 4.78 is 0. The van der Waals surface area contributed by atoms with Crippen LogP contribution in [0.4, 0.5) is 11.4 Å². The number of H-pyrrole nitrogens is 1. The van der Waals surface area contributed by atoms with Gasteiger partial charge in [-0.25, -0.2) is 4.99 Å². The quantitative estimate of drug-likeness (QED) is 0.393. The minimum absolute atomic E-state index is 0.190. The number of amidine groups is 1. The van der Waals surface area contributed by atoms with Crippen molar-refractivity contribution in [1.82, 2.24) is 10.3 Å². The number of nitrogens with zero attached hydrogens (tertiary/aromatic N) is 1. The van der Waals surface area contributed by atoms with Crippen molar-refractivity contribution >= 4 is 28.8 Å². The third kappa shape index (κ3) is 5.24. The van der Waals surface area contributed by atoms with Gasteiger partial charge < -0.3 is 21.4 Å². The third-order valence-electron chi connectivity index (χ3n) is 6.21. The molecule has 2 saturated carbocycles. The molecule has 5 N–H and O–H groups in total. The number of pyridine rings is 1. The van der Waals surface area contributed by atoms with Crippen molar-refractivity contribution in [3.63, 3.8) is 0 Å². The molecule has 2 fully saturated rings. The van der Waals surface area contributed by atoms with Crippen molar-refractivity contribution < 1.29 is 0 Å². The van der Waals surface area contributed by atoms with Crippen LogP contribution in [0.25, 0.3) is 0 Å². The van der Waals surface area contributed by atoms with Crippen LogP contribution in [0, 0.1) is 5.92 Å². The number of benzene rings is 1. The highest BCUT2D eigenvalue weighted by molar-refractivity contribution is 6.30. The van der Waals surface area contributed by atoms with E-state index >= 15 is 0 Å². The number of nitrogens with one attached hydrogen (secondary N) is 3. The summed E-state index contributed by atoms with van der Waals surface area (Å²) in [5, 5.41) is 7.98. The molecule has 7 heteroatoms. The molecule has 2 aliphatic rings. The van der Waals surface area contributed by atoms with E-state index in [0.717, 1.165) is 37.3 Å². The second kappa shape index (κ2) is 9.23. The van der Waals surface area contributed by atoms with Crippen LogP contribution in [0.5, 0.6) is 0 Å². The lowest BCUT2D eigenvalue weighted by atomic mass is 9.90. The van der Waals surface area contributed by atoms with Crippen LogP contribution in [0.15, 0.2) is 46.3 Å². The summed E-state index contributed by atoms with van der Waals surface area (Å²) in [4.78, 5) is 19.7. The summed E-state index contributed by atoms with van der Waals surface area (Å²) in [5.74, 6) is 1.07. The zero-order valence-electron chi connectivity index (χ0n) is 17.3. The Hall–Kier alpha value is -2.31. The maximum atomic E-state index is 12.5. The van der Waals surface area contributed by atoms with Crippen molar-refractivity contribution in [3.05, 3.63) is 57.5 Å². The summed E-state index contributed by atoms with van der Waals surface area (Å²) in [6, 6.07) is 10.4. The molecule has 0 radical (unpaired) electrons. The maximum absolute atomic E-state index is 12.5. The molecule has 2 aromatic rings. The number of aromatic amines is 1. The first kappa shape index (κ1) is 20.9. The second-order valence-electron chi connectivity index (χ2n) is 8.55. The number of nitrogens with two attached hydrogens (primary N) is 1. The molecule has 1 unspecified atom stereocenters. The first-order valence-electron chi connectivity index (χ1n) is 10.8. The van der Waals surface area contributed by atoms with Gasteiger partial charge in [-0.05, 0) is 81.7 Å². The van der Waals surface area contributed by atoms with E-state index in [1.54, 1.807) is 30.5 Å². The lowest BCUT2D eigenvalue weighted by Crippen LogP contribution is -2.42. The maximum Gasteiger partial charge on any atom is 0.261 e. The van der Waals surface area contributed by atoms with Crippen molar-refractivity contribution in [1.29, 1.82) is 0 Å². The number of hydrogen-bond acceptors (Lipinski definition) is 4. The van der Waals surface area contributed by atoms with Crippen LogP contribution >= 0.6 is 11.6 Å². The second-order valence-corrected chi connectivity index (χ2v) is 8.99. The highest BCUT2D eigenvalue weighted by Gasteiger charge is 2.30. The molecule has 30 heavy (non-hydrogen) atoms. The Morgan fingerprint density at radius 1 is 1.10 bits per heavy atom. The number of aliphatic imine (C=N–C) groups is 1. The van der Waals surface area contributed by atoms with E-state index < -0.39 is 0 Å². The zero-order chi connectivity index (χ0) is 21.1. The van der Waals surface area contributed by atoms with E-state index in [9.17, 15) is 4.79 Å². The molecular weight excluding hydrogens is 398 g/mol. The van der Waals surface area contributed by atoms with E-state index in [-0.39, 0.29) is 11.4 Å². The summed E-state index contributed by atoms with van der Waals surface area (Å²) in [6.45, 7) is 2.31. The lowest BCUT2D eigenvalue weighted by molar-refractivity contribution is 0.317. The minimum Gasteiger partial charge on any atom is -0.383 e. The normalized spacial score (nSPS) is 23.2. The Morgan fingerprint density at radius 3 is 2.43 bits per heavy atom. The molecule has 1 aromatic heterocycles. The van der Waals surface area contributed by atoms with Gasteiger partial charge in [0.2, 0.25) is 0 Å². The molecule has 160 valence electrons. The van der Waals surface area contributed by atoms with E-state index in [1.807, 2.05) is 6.07 Å². The first-order valence-corrected chi connectivity index (χ1v) is 11.2. The SMILES string of the molecule is CC(NC1CCC(Nc2cc[nH]c(=O)c2C(N)=Nc2ccc(Cl)cc2)CC1)C1CC1. The van der Waals surface area contributed by atoms with E-state index in [4.69, 9.17) is 17.3 Å². The van der Waals surface area contributed by atoms with Gasteiger partial charge in [0, 0.05) is 29.3 Å². The van der Waals surface area contributed by atoms with Crippen molar-refractivity contribution in [2.24, 2.45) is 16.6 Å². The van der Waals surface area contributed by atoms with Crippen molar-refractivity contribution in [2.75, 3.05) is 5.32 Å². The first-order chi connectivity index (χ1) is 14.5. The van der Waals surface area contributed by atoms with E-state index in [0.29, 0.717) is 34.4 Å². The molecule has 0 aliphatic heterocycles. The van der Waals surface area contributed by atoms with Crippen LogP contribution in [0.3, 0.4) is 0 Å². The van der Waals surface area contributed by atoms with Gasteiger partial charge in [-0.1, -0.05) is 11.6 Å². The zero-order valence-corrected chi connectivity index (χ0v) is 18.1. The number of rotatable bonds is 7. The van der Waals surface area contributed by atoms with Gasteiger partial charge in [-0.3, -0.25) is 4.79 Å². The third-order valence-corrected chi connectivity index (χ3v) is 6.46. The Kier molecular flexibility index (Phi) is 6.44. The fourth-order valence-corrected chi connectivity index (χ4v) is 4.42. The Morgan fingerprint density at radius 2 is 1.77 bits per heavy atom. The van der Waals surface area contributed by atoms with Gasteiger partial charge in [0.15, 0.2) is 0 Å². The smallest absolute Gasteiger partial charge is 0.261 e. The van der Waals surface area contributed by atoms with Crippen LogP contribution < -0.4 is 21.9 Å². The Labute approximate surface area is 182 Å². The van der Waals surface area contributed by atoms with Gasteiger partial charge in [0.1, 0.15) is 11.4 Å². The number of anilines is 1. The van der Waals surface area contributed by atoms with Crippen LogP contribution in [-0.4, -0.2) is 28.9 Å². The van der Waals surface area contributed by atoms with E-state index in [2.05, 4.69) is 27.5 Å². The monoisotopic (exact) mass is 427 g/mol. The number of aromatic nitrogens is 1. The fourth-order valence-electron chi connectivity index (χ4n) is 4.29. The van der Waals surface area contributed by atoms with Gasteiger partial charge in [0.25, 0.3) is 5.56 Å². The highest BCUT2D eigenvalue weighted by atomic mass is 35.5. The molecular formula is C23H30ClN5O. The predicted octanol–water partition coefficient (Wildman–Crippen LogP) is 4.18. The largest absolute Gasteiger partial charge is 0.383 e. The minimum atomic E-state index is -0.246. The molecule has 0 bridgehead atoms. The molecule has 2 aliphatic carbocycles. The molecule has 0 spiro atoms. The molecule has 1 aromatic carbocycles.